The molecule has 1 amide bonds. The third-order valence-corrected chi connectivity index (χ3v) is 2.39. The van der Waals surface area contributed by atoms with E-state index in [0.717, 1.165) is 0 Å². The van der Waals surface area contributed by atoms with E-state index in [-0.39, 0.29) is 11.7 Å². The van der Waals surface area contributed by atoms with E-state index < -0.39 is 0 Å². The summed E-state index contributed by atoms with van der Waals surface area (Å²) in [4.78, 5) is 11.8. The second-order valence-corrected chi connectivity index (χ2v) is 3.50. The van der Waals surface area contributed by atoms with E-state index in [2.05, 4.69) is 5.32 Å². The van der Waals surface area contributed by atoms with Crippen molar-refractivity contribution >= 4 is 11.6 Å². The van der Waals surface area contributed by atoms with Crippen LogP contribution in [0.3, 0.4) is 0 Å². The van der Waals surface area contributed by atoms with Crippen LogP contribution >= 0.6 is 0 Å². The fraction of sp³-hybridized carbons (Fsp3) is 0.154. The second kappa shape index (κ2) is 5.27. The standard InChI is InChI=1S/C13H13NO4/c1-16-10-6-5-9(8-12(10)17-2)14-13(15)11-4-3-7-18-11/h3-8H,1-2H3,(H,14,15). The molecule has 0 radical (unpaired) electrons. The van der Waals surface area contributed by atoms with Gasteiger partial charge in [0.05, 0.1) is 20.5 Å². The average molecular weight is 247 g/mol. The van der Waals surface area contributed by atoms with Crippen molar-refractivity contribution in [3.8, 4) is 11.5 Å². The molecule has 0 fully saturated rings. The van der Waals surface area contributed by atoms with E-state index in [1.807, 2.05) is 0 Å². The number of furan rings is 1. The quantitative estimate of drug-likeness (QED) is 0.901. The number of carbonyl (C=O) groups is 1. The van der Waals surface area contributed by atoms with Crippen LogP contribution < -0.4 is 14.8 Å². The maximum absolute atomic E-state index is 11.8. The first-order chi connectivity index (χ1) is 8.74. The third kappa shape index (κ3) is 2.45. The van der Waals surface area contributed by atoms with Crippen LogP contribution in [0, 0.1) is 0 Å². The maximum atomic E-state index is 11.8. The summed E-state index contributed by atoms with van der Waals surface area (Å²) in [5.74, 6) is 1.10. The van der Waals surface area contributed by atoms with E-state index >= 15 is 0 Å². The van der Waals surface area contributed by atoms with Crippen molar-refractivity contribution < 1.29 is 18.7 Å². The number of carbonyl (C=O) groups excluding carboxylic acids is 1. The van der Waals surface area contributed by atoms with Crippen LogP contribution in [0.1, 0.15) is 10.6 Å². The highest BCUT2D eigenvalue weighted by Gasteiger charge is 2.10. The summed E-state index contributed by atoms with van der Waals surface area (Å²) in [6.45, 7) is 0. The SMILES string of the molecule is COc1ccc(NC(=O)c2ccco2)cc1OC. The van der Waals surface area contributed by atoms with E-state index in [0.29, 0.717) is 17.2 Å². The Labute approximate surface area is 104 Å². The van der Waals surface area contributed by atoms with Gasteiger partial charge in [0, 0.05) is 11.8 Å². The Morgan fingerprint density at radius 2 is 1.94 bits per heavy atom. The molecular weight excluding hydrogens is 234 g/mol. The van der Waals surface area contributed by atoms with Crippen molar-refractivity contribution in [3.05, 3.63) is 42.4 Å². The van der Waals surface area contributed by atoms with Gasteiger partial charge in [-0.25, -0.2) is 0 Å². The molecule has 0 spiro atoms. The van der Waals surface area contributed by atoms with Crippen LogP contribution in [0.2, 0.25) is 0 Å². The summed E-state index contributed by atoms with van der Waals surface area (Å²) >= 11 is 0. The minimum atomic E-state index is -0.313. The summed E-state index contributed by atoms with van der Waals surface area (Å²) in [5.41, 5.74) is 0.606. The summed E-state index contributed by atoms with van der Waals surface area (Å²) in [7, 11) is 3.09. The van der Waals surface area contributed by atoms with Crippen LogP contribution in [0.25, 0.3) is 0 Å². The summed E-state index contributed by atoms with van der Waals surface area (Å²) < 4.78 is 15.3. The number of amides is 1. The number of ether oxygens (including phenoxy) is 2. The molecule has 0 aliphatic carbocycles. The lowest BCUT2D eigenvalue weighted by Crippen LogP contribution is -2.10. The monoisotopic (exact) mass is 247 g/mol. The van der Waals surface area contributed by atoms with Gasteiger partial charge in [-0.2, -0.15) is 0 Å². The zero-order valence-electron chi connectivity index (χ0n) is 10.1. The molecule has 0 saturated heterocycles. The van der Waals surface area contributed by atoms with Crippen molar-refractivity contribution in [2.45, 2.75) is 0 Å². The molecule has 2 aromatic rings. The van der Waals surface area contributed by atoms with E-state index in [1.165, 1.54) is 13.4 Å². The Balaban J connectivity index is 2.17. The molecule has 1 aromatic heterocycles. The maximum Gasteiger partial charge on any atom is 0.291 e. The Morgan fingerprint density at radius 1 is 1.17 bits per heavy atom. The van der Waals surface area contributed by atoms with Gasteiger partial charge in [0.2, 0.25) is 0 Å². The summed E-state index contributed by atoms with van der Waals surface area (Å²) in [5, 5.41) is 2.70. The molecule has 0 aliphatic heterocycles. The molecule has 1 heterocycles. The van der Waals surface area contributed by atoms with Crippen molar-refractivity contribution in [3.63, 3.8) is 0 Å². The largest absolute Gasteiger partial charge is 0.493 e. The Hall–Kier alpha value is -2.43. The van der Waals surface area contributed by atoms with Crippen molar-refractivity contribution in [1.29, 1.82) is 0 Å². The molecule has 2 rings (SSSR count). The number of hydrogen-bond acceptors (Lipinski definition) is 4. The van der Waals surface area contributed by atoms with Gasteiger partial charge in [0.25, 0.3) is 5.91 Å². The van der Waals surface area contributed by atoms with E-state index in [1.54, 1.807) is 37.4 Å². The molecule has 1 aromatic carbocycles. The minimum Gasteiger partial charge on any atom is -0.493 e. The van der Waals surface area contributed by atoms with Crippen LogP contribution in [0.4, 0.5) is 5.69 Å². The Bertz CT molecular complexity index is 534. The molecular formula is C13H13NO4. The van der Waals surface area contributed by atoms with Gasteiger partial charge in [0.15, 0.2) is 17.3 Å². The zero-order chi connectivity index (χ0) is 13.0. The van der Waals surface area contributed by atoms with Gasteiger partial charge < -0.3 is 19.2 Å². The molecule has 0 atom stereocenters. The fourth-order valence-corrected chi connectivity index (χ4v) is 1.51. The van der Waals surface area contributed by atoms with E-state index in [9.17, 15) is 4.79 Å². The molecule has 5 heteroatoms. The van der Waals surface area contributed by atoms with Crippen LogP contribution in [0.15, 0.2) is 41.0 Å². The normalized spacial score (nSPS) is 9.89. The van der Waals surface area contributed by atoms with Crippen molar-refractivity contribution in [2.75, 3.05) is 19.5 Å². The lowest BCUT2D eigenvalue weighted by atomic mass is 10.2. The average Bonchev–Trinajstić information content (AvgIpc) is 2.92. The van der Waals surface area contributed by atoms with Crippen LogP contribution in [-0.4, -0.2) is 20.1 Å². The Morgan fingerprint density at radius 3 is 2.56 bits per heavy atom. The first-order valence-electron chi connectivity index (χ1n) is 5.31. The molecule has 18 heavy (non-hydrogen) atoms. The highest BCUT2D eigenvalue weighted by molar-refractivity contribution is 6.02. The summed E-state index contributed by atoms with van der Waals surface area (Å²) in [6.07, 6.45) is 1.45. The topological polar surface area (TPSA) is 60.7 Å². The smallest absolute Gasteiger partial charge is 0.291 e. The van der Waals surface area contributed by atoms with Crippen LogP contribution in [0.5, 0.6) is 11.5 Å². The first kappa shape index (κ1) is 12.0. The highest BCUT2D eigenvalue weighted by Crippen LogP contribution is 2.29. The zero-order valence-corrected chi connectivity index (χ0v) is 10.1. The molecule has 0 bridgehead atoms. The van der Waals surface area contributed by atoms with Gasteiger partial charge in [-0.05, 0) is 24.3 Å². The summed E-state index contributed by atoms with van der Waals surface area (Å²) in [6, 6.07) is 8.37. The second-order valence-electron chi connectivity index (χ2n) is 3.50. The minimum absolute atomic E-state index is 0.254. The van der Waals surface area contributed by atoms with Crippen LogP contribution in [-0.2, 0) is 0 Å². The number of hydrogen-bond donors (Lipinski definition) is 1. The molecule has 5 nitrogen and oxygen atoms in total. The fourth-order valence-electron chi connectivity index (χ4n) is 1.51. The van der Waals surface area contributed by atoms with Crippen molar-refractivity contribution in [1.82, 2.24) is 0 Å². The molecule has 1 N–H and O–H groups in total. The third-order valence-electron chi connectivity index (χ3n) is 2.39. The number of nitrogens with one attached hydrogen (secondary N) is 1. The predicted octanol–water partition coefficient (Wildman–Crippen LogP) is 2.55. The Kier molecular flexibility index (Phi) is 3.52. The van der Waals surface area contributed by atoms with Gasteiger partial charge in [-0.3, -0.25) is 4.79 Å². The molecule has 0 saturated carbocycles. The lowest BCUT2D eigenvalue weighted by Gasteiger charge is -2.09. The molecule has 0 unspecified atom stereocenters. The number of methoxy groups -OCH3 is 2. The van der Waals surface area contributed by atoms with Crippen molar-refractivity contribution in [2.24, 2.45) is 0 Å². The number of rotatable bonds is 4. The van der Waals surface area contributed by atoms with E-state index in [4.69, 9.17) is 13.9 Å². The molecule has 94 valence electrons. The molecule has 0 aliphatic rings. The van der Waals surface area contributed by atoms with Gasteiger partial charge in [-0.15, -0.1) is 0 Å². The lowest BCUT2D eigenvalue weighted by molar-refractivity contribution is 0.0996. The van der Waals surface area contributed by atoms with Gasteiger partial charge >= 0.3 is 0 Å². The van der Waals surface area contributed by atoms with Gasteiger partial charge in [-0.1, -0.05) is 0 Å². The highest BCUT2D eigenvalue weighted by atomic mass is 16.5. The first-order valence-corrected chi connectivity index (χ1v) is 5.31. The predicted molar refractivity (Wildman–Crippen MR) is 66.2 cm³/mol. The number of benzene rings is 1. The number of anilines is 1. The van der Waals surface area contributed by atoms with Gasteiger partial charge in [0.1, 0.15) is 0 Å².